The molecule has 6 nitrogen and oxygen atoms in total. The summed E-state index contributed by atoms with van der Waals surface area (Å²) >= 11 is 5.83. The monoisotopic (exact) mass is 419 g/mol. The summed E-state index contributed by atoms with van der Waals surface area (Å²) in [6.07, 6.45) is 1.05. The highest BCUT2D eigenvalue weighted by Gasteiger charge is 2.23. The Bertz CT molecular complexity index is 1040. The molecule has 1 aromatic heterocycles. The van der Waals surface area contributed by atoms with Crippen LogP contribution in [0.5, 0.6) is 0 Å². The number of hydrogen-bond acceptors (Lipinski definition) is 6. The molecule has 0 aliphatic carbocycles. The summed E-state index contributed by atoms with van der Waals surface area (Å²) in [5, 5.41) is 13.5. The number of nitrogens with one attached hydrogen (secondary N) is 1. The Balaban J connectivity index is 1.75. The quantitative estimate of drug-likeness (QED) is 0.531. The molecule has 29 heavy (non-hydrogen) atoms. The zero-order valence-electron chi connectivity index (χ0n) is 15.4. The number of nitrogens with zero attached hydrogens (tertiary/aromatic N) is 3. The fourth-order valence-electron chi connectivity index (χ4n) is 3.45. The van der Waals surface area contributed by atoms with Gasteiger partial charge in [0.15, 0.2) is 0 Å². The van der Waals surface area contributed by atoms with Gasteiger partial charge in [-0.15, -0.1) is 0 Å². The van der Waals surface area contributed by atoms with Crippen molar-refractivity contribution in [2.75, 3.05) is 25.0 Å². The number of nitrogens with two attached hydrogens (primary N) is 1. The second kappa shape index (κ2) is 8.16. The van der Waals surface area contributed by atoms with Crippen LogP contribution in [0.3, 0.4) is 0 Å². The van der Waals surface area contributed by atoms with Gasteiger partial charge < -0.3 is 21.1 Å². The van der Waals surface area contributed by atoms with E-state index in [1.54, 1.807) is 6.07 Å². The second-order valence-electron chi connectivity index (χ2n) is 7.08. The predicted molar refractivity (Wildman–Crippen MR) is 107 cm³/mol. The Hall–Kier alpha value is -2.39. The van der Waals surface area contributed by atoms with Gasteiger partial charge in [0, 0.05) is 17.5 Å². The summed E-state index contributed by atoms with van der Waals surface area (Å²) in [5.41, 5.74) is 6.78. The number of aliphatic hydroxyl groups is 1. The number of fused-ring (bicyclic) bond motifs is 1. The van der Waals surface area contributed by atoms with Crippen LogP contribution >= 0.6 is 11.6 Å². The number of benzene rings is 2. The summed E-state index contributed by atoms with van der Waals surface area (Å²) in [4.78, 5) is 10.6. The van der Waals surface area contributed by atoms with E-state index in [4.69, 9.17) is 17.3 Å². The minimum atomic E-state index is -1.38. The molecule has 4 rings (SSSR count). The number of anilines is 1. The molecule has 9 heteroatoms. The Morgan fingerprint density at radius 3 is 2.66 bits per heavy atom. The maximum Gasteiger partial charge on any atom is 0.142 e. The molecule has 1 saturated heterocycles. The minimum absolute atomic E-state index is 0.0487. The molecule has 1 fully saturated rings. The molecule has 1 unspecified atom stereocenters. The van der Waals surface area contributed by atoms with Crippen LogP contribution in [0.1, 0.15) is 29.8 Å². The Morgan fingerprint density at radius 2 is 2.00 bits per heavy atom. The average molecular weight is 420 g/mol. The van der Waals surface area contributed by atoms with Crippen molar-refractivity contribution in [1.82, 2.24) is 14.9 Å². The van der Waals surface area contributed by atoms with Crippen molar-refractivity contribution in [3.63, 3.8) is 0 Å². The van der Waals surface area contributed by atoms with E-state index in [1.165, 1.54) is 24.5 Å². The molecule has 2 atom stereocenters. The van der Waals surface area contributed by atoms with Crippen LogP contribution < -0.4 is 11.1 Å². The summed E-state index contributed by atoms with van der Waals surface area (Å²) in [7, 11) is 0. The summed E-state index contributed by atoms with van der Waals surface area (Å²) in [6, 6.07) is 6.77. The average Bonchev–Trinajstić information content (AvgIpc) is 2.65. The van der Waals surface area contributed by atoms with Gasteiger partial charge in [0.25, 0.3) is 0 Å². The zero-order chi connectivity index (χ0) is 20.5. The first-order valence-corrected chi connectivity index (χ1v) is 9.62. The molecule has 0 bridgehead atoms. The van der Waals surface area contributed by atoms with Gasteiger partial charge in [0.05, 0.1) is 16.6 Å². The standard InChI is InChI=1S/C20H20ClF2N5O/c21-15-3-2-11(6-16(15)23)17(9-28-4-1-5-28)27-20-14-8-12(22)7-13(19(24)29)18(14)25-10-26-20/h2-3,6-8,10,17,19,29H,1,4-5,9,24H2,(H,25,26,27)/t17-,19?/m1/s1. The first-order valence-electron chi connectivity index (χ1n) is 9.24. The van der Waals surface area contributed by atoms with Crippen LogP contribution in [0.25, 0.3) is 10.9 Å². The molecule has 2 heterocycles. The molecule has 0 radical (unpaired) electrons. The molecule has 0 amide bonds. The molecule has 0 saturated carbocycles. The van der Waals surface area contributed by atoms with E-state index in [0.717, 1.165) is 25.6 Å². The van der Waals surface area contributed by atoms with Crippen LogP contribution in [0.4, 0.5) is 14.6 Å². The van der Waals surface area contributed by atoms with E-state index in [1.807, 2.05) is 0 Å². The van der Waals surface area contributed by atoms with Crippen molar-refractivity contribution in [2.45, 2.75) is 18.7 Å². The SMILES string of the molecule is NC(O)c1cc(F)cc2c(N[C@H](CN3CCC3)c3ccc(Cl)c(F)c3)ncnc12. The number of rotatable bonds is 6. The number of aliphatic hydroxyl groups excluding tert-OH is 1. The van der Waals surface area contributed by atoms with Crippen LogP contribution in [-0.2, 0) is 0 Å². The highest BCUT2D eigenvalue weighted by Crippen LogP contribution is 2.30. The van der Waals surface area contributed by atoms with Gasteiger partial charge in [-0.05, 0) is 49.3 Å². The van der Waals surface area contributed by atoms with Crippen molar-refractivity contribution in [3.05, 3.63) is 64.4 Å². The fraction of sp³-hybridized carbons (Fsp3) is 0.300. The number of hydrogen-bond donors (Lipinski definition) is 3. The summed E-state index contributed by atoms with van der Waals surface area (Å²) in [5.74, 6) is -0.698. The van der Waals surface area contributed by atoms with Crippen LogP contribution in [-0.4, -0.2) is 39.6 Å². The lowest BCUT2D eigenvalue weighted by atomic mass is 10.0. The van der Waals surface area contributed by atoms with Gasteiger partial charge in [-0.1, -0.05) is 17.7 Å². The second-order valence-corrected chi connectivity index (χ2v) is 7.49. The fourth-order valence-corrected chi connectivity index (χ4v) is 3.57. The smallest absolute Gasteiger partial charge is 0.142 e. The lowest BCUT2D eigenvalue weighted by Crippen LogP contribution is -2.41. The minimum Gasteiger partial charge on any atom is -0.374 e. The molecule has 1 aliphatic rings. The third kappa shape index (κ3) is 4.16. The molecule has 0 spiro atoms. The molecule has 4 N–H and O–H groups in total. The normalized spacial score (nSPS) is 16.4. The molecular formula is C20H20ClF2N5O. The van der Waals surface area contributed by atoms with Gasteiger partial charge in [-0.25, -0.2) is 18.7 Å². The van der Waals surface area contributed by atoms with E-state index in [-0.39, 0.29) is 16.6 Å². The maximum atomic E-state index is 14.1. The Morgan fingerprint density at radius 1 is 1.21 bits per heavy atom. The summed E-state index contributed by atoms with van der Waals surface area (Å²) in [6.45, 7) is 2.53. The first-order chi connectivity index (χ1) is 13.9. The van der Waals surface area contributed by atoms with E-state index < -0.39 is 17.9 Å². The van der Waals surface area contributed by atoms with Crippen molar-refractivity contribution < 1.29 is 13.9 Å². The topological polar surface area (TPSA) is 87.3 Å². The number of aromatic nitrogens is 2. The molecule has 1 aliphatic heterocycles. The van der Waals surface area contributed by atoms with E-state index in [9.17, 15) is 13.9 Å². The number of likely N-dealkylation sites (tertiary alicyclic amines) is 1. The maximum absolute atomic E-state index is 14.1. The highest BCUT2D eigenvalue weighted by molar-refractivity contribution is 6.30. The Labute approximate surface area is 171 Å². The molecule has 3 aromatic rings. The van der Waals surface area contributed by atoms with E-state index in [2.05, 4.69) is 20.2 Å². The summed E-state index contributed by atoms with van der Waals surface area (Å²) < 4.78 is 28.2. The lowest BCUT2D eigenvalue weighted by Gasteiger charge is -2.35. The van der Waals surface area contributed by atoms with E-state index in [0.29, 0.717) is 28.8 Å². The van der Waals surface area contributed by atoms with Crippen LogP contribution in [0.2, 0.25) is 5.02 Å². The third-order valence-electron chi connectivity index (χ3n) is 5.10. The number of halogens is 3. The van der Waals surface area contributed by atoms with Gasteiger partial charge in [0.1, 0.15) is 30.0 Å². The first kappa shape index (κ1) is 19.9. The molecular weight excluding hydrogens is 400 g/mol. The van der Waals surface area contributed by atoms with Crippen molar-refractivity contribution >= 4 is 28.3 Å². The van der Waals surface area contributed by atoms with Crippen LogP contribution in [0, 0.1) is 11.6 Å². The third-order valence-corrected chi connectivity index (χ3v) is 5.40. The van der Waals surface area contributed by atoms with Crippen molar-refractivity contribution in [2.24, 2.45) is 5.73 Å². The Kier molecular flexibility index (Phi) is 5.60. The zero-order valence-corrected chi connectivity index (χ0v) is 16.2. The van der Waals surface area contributed by atoms with Gasteiger partial charge >= 0.3 is 0 Å². The lowest BCUT2D eigenvalue weighted by molar-refractivity contribution is 0.174. The van der Waals surface area contributed by atoms with E-state index >= 15 is 0 Å². The van der Waals surface area contributed by atoms with Gasteiger partial charge in [-0.3, -0.25) is 0 Å². The van der Waals surface area contributed by atoms with Gasteiger partial charge in [0.2, 0.25) is 0 Å². The predicted octanol–water partition coefficient (Wildman–Crippen LogP) is 3.37. The van der Waals surface area contributed by atoms with Gasteiger partial charge in [-0.2, -0.15) is 0 Å². The van der Waals surface area contributed by atoms with Crippen LogP contribution in [0.15, 0.2) is 36.7 Å². The van der Waals surface area contributed by atoms with Crippen molar-refractivity contribution in [1.29, 1.82) is 0 Å². The largest absolute Gasteiger partial charge is 0.374 e. The molecule has 152 valence electrons. The van der Waals surface area contributed by atoms with Crippen molar-refractivity contribution in [3.8, 4) is 0 Å². The highest BCUT2D eigenvalue weighted by atomic mass is 35.5. The molecule has 2 aromatic carbocycles.